The molecule has 0 bridgehead atoms. The highest BCUT2D eigenvalue weighted by atomic mass is 32.2. The summed E-state index contributed by atoms with van der Waals surface area (Å²) in [4.78, 5) is -0.269. The maximum Gasteiger partial charge on any atom is 0.522 e. The highest BCUT2D eigenvalue weighted by molar-refractivity contribution is 7.91. The first-order chi connectivity index (χ1) is 9.15. The molecule has 2 N–H and O–H groups in total. The van der Waals surface area contributed by atoms with Gasteiger partial charge in [-0.2, -0.15) is 0 Å². The first-order valence-electron chi connectivity index (χ1n) is 5.61. The van der Waals surface area contributed by atoms with Crippen molar-refractivity contribution in [3.05, 3.63) is 18.2 Å². The lowest BCUT2D eigenvalue weighted by Gasteiger charge is -2.11. The van der Waals surface area contributed by atoms with Crippen LogP contribution in [0.15, 0.2) is 23.1 Å². The van der Waals surface area contributed by atoms with E-state index in [0.29, 0.717) is 6.61 Å². The number of ether oxygens (including phenoxy) is 2. The Morgan fingerprint density at radius 3 is 2.50 bits per heavy atom. The van der Waals surface area contributed by atoms with Gasteiger partial charge in [0.1, 0.15) is 5.75 Å². The van der Waals surface area contributed by atoms with Crippen molar-refractivity contribution in [2.75, 3.05) is 24.7 Å². The zero-order valence-electron chi connectivity index (χ0n) is 10.6. The van der Waals surface area contributed by atoms with Crippen molar-refractivity contribution in [1.29, 1.82) is 0 Å². The van der Waals surface area contributed by atoms with Crippen molar-refractivity contribution in [3.8, 4) is 5.75 Å². The quantitative estimate of drug-likeness (QED) is 0.812. The molecule has 114 valence electrons. The van der Waals surface area contributed by atoms with E-state index in [0.717, 1.165) is 0 Å². The number of sulfone groups is 1. The fraction of sp³-hybridized carbons (Fsp3) is 0.455. The van der Waals surface area contributed by atoms with Crippen LogP contribution in [0, 0.1) is 0 Å². The molecule has 1 aromatic rings. The first kappa shape index (κ1) is 16.6. The number of nitrogens with two attached hydrogens (primary N) is 1. The van der Waals surface area contributed by atoms with E-state index >= 15 is 0 Å². The van der Waals surface area contributed by atoms with Gasteiger partial charge >= 0.3 is 6.36 Å². The molecule has 1 aromatic carbocycles. The SMILES string of the molecule is CCOc1ccc(N)c(S(=O)(=O)CCOC(F)(F)F)c1. The standard InChI is InChI=1S/C11H14F3NO4S/c1-2-18-8-3-4-9(15)10(7-8)20(16,17)6-5-19-11(12,13)14/h3-4,7H,2,5-6,15H2,1H3. The van der Waals surface area contributed by atoms with Crippen LogP contribution in [-0.2, 0) is 14.6 Å². The topological polar surface area (TPSA) is 78.6 Å². The maximum atomic E-state index is 11.9. The molecule has 0 aliphatic heterocycles. The largest absolute Gasteiger partial charge is 0.522 e. The molecule has 0 amide bonds. The molecular weight excluding hydrogens is 299 g/mol. The molecule has 0 aliphatic rings. The Labute approximate surface area is 114 Å². The summed E-state index contributed by atoms with van der Waals surface area (Å²) in [5.41, 5.74) is 5.48. The van der Waals surface area contributed by atoms with Gasteiger partial charge in [0.25, 0.3) is 0 Å². The van der Waals surface area contributed by atoms with Gasteiger partial charge in [-0.1, -0.05) is 0 Å². The number of hydrogen-bond acceptors (Lipinski definition) is 5. The van der Waals surface area contributed by atoms with Gasteiger partial charge in [-0.25, -0.2) is 8.42 Å². The fourth-order valence-electron chi connectivity index (χ4n) is 1.42. The fourth-order valence-corrected chi connectivity index (χ4v) is 2.66. The Bertz CT molecular complexity index is 557. The molecular formula is C11H14F3NO4S. The summed E-state index contributed by atoms with van der Waals surface area (Å²) in [6, 6.07) is 3.98. The second-order valence-electron chi connectivity index (χ2n) is 3.75. The summed E-state index contributed by atoms with van der Waals surface area (Å²) in [5.74, 6) is -0.552. The number of hydrogen-bond donors (Lipinski definition) is 1. The molecule has 0 fully saturated rings. The smallest absolute Gasteiger partial charge is 0.494 e. The third kappa shape index (κ3) is 4.89. The third-order valence-corrected chi connectivity index (χ3v) is 3.98. The van der Waals surface area contributed by atoms with Gasteiger partial charge in [-0.15, -0.1) is 13.2 Å². The molecule has 0 aliphatic carbocycles. The van der Waals surface area contributed by atoms with E-state index < -0.39 is 28.6 Å². The monoisotopic (exact) mass is 313 g/mol. The van der Waals surface area contributed by atoms with Gasteiger partial charge in [0, 0.05) is 6.07 Å². The summed E-state index contributed by atoms with van der Waals surface area (Å²) in [5, 5.41) is 0. The molecule has 1 rings (SSSR count). The molecule has 0 saturated carbocycles. The predicted octanol–water partition coefficient (Wildman–Crippen LogP) is 1.98. The van der Waals surface area contributed by atoms with Crippen LogP contribution in [0.4, 0.5) is 18.9 Å². The van der Waals surface area contributed by atoms with E-state index in [9.17, 15) is 21.6 Å². The van der Waals surface area contributed by atoms with E-state index in [4.69, 9.17) is 10.5 Å². The summed E-state index contributed by atoms with van der Waals surface area (Å²) in [6.07, 6.45) is -4.87. The number of rotatable bonds is 6. The van der Waals surface area contributed by atoms with Crippen LogP contribution >= 0.6 is 0 Å². The van der Waals surface area contributed by atoms with Gasteiger partial charge in [0.15, 0.2) is 9.84 Å². The number of alkyl halides is 3. The molecule has 0 radical (unpaired) electrons. The Morgan fingerprint density at radius 2 is 1.95 bits per heavy atom. The number of nitrogen functional groups attached to an aromatic ring is 1. The highest BCUT2D eigenvalue weighted by Crippen LogP contribution is 2.25. The molecule has 0 unspecified atom stereocenters. The van der Waals surface area contributed by atoms with E-state index in [1.54, 1.807) is 6.92 Å². The van der Waals surface area contributed by atoms with E-state index in [-0.39, 0.29) is 16.3 Å². The Morgan fingerprint density at radius 1 is 1.30 bits per heavy atom. The molecule has 5 nitrogen and oxygen atoms in total. The summed E-state index contributed by atoms with van der Waals surface area (Å²) >= 11 is 0. The van der Waals surface area contributed by atoms with Crippen molar-refractivity contribution in [1.82, 2.24) is 0 Å². The molecule has 0 heterocycles. The highest BCUT2D eigenvalue weighted by Gasteiger charge is 2.30. The zero-order valence-corrected chi connectivity index (χ0v) is 11.4. The van der Waals surface area contributed by atoms with Crippen LogP contribution in [0.1, 0.15) is 6.92 Å². The van der Waals surface area contributed by atoms with Crippen molar-refractivity contribution < 1.29 is 31.1 Å². The van der Waals surface area contributed by atoms with Crippen LogP contribution in [-0.4, -0.2) is 33.7 Å². The second kappa shape index (κ2) is 6.31. The first-order valence-corrected chi connectivity index (χ1v) is 7.26. The van der Waals surface area contributed by atoms with Crippen LogP contribution in [0.3, 0.4) is 0 Å². The van der Waals surface area contributed by atoms with E-state index in [2.05, 4.69) is 4.74 Å². The average molecular weight is 313 g/mol. The lowest BCUT2D eigenvalue weighted by molar-refractivity contribution is -0.322. The van der Waals surface area contributed by atoms with Gasteiger partial charge in [0.05, 0.1) is 29.5 Å². The maximum absolute atomic E-state index is 11.9. The van der Waals surface area contributed by atoms with E-state index in [1.165, 1.54) is 18.2 Å². The van der Waals surface area contributed by atoms with Crippen LogP contribution < -0.4 is 10.5 Å². The Kier molecular flexibility index (Phi) is 5.23. The van der Waals surface area contributed by atoms with Crippen molar-refractivity contribution in [2.45, 2.75) is 18.2 Å². The molecule has 0 atom stereocenters. The van der Waals surface area contributed by atoms with Gasteiger partial charge in [-0.05, 0) is 19.1 Å². The Balaban J connectivity index is 2.89. The minimum absolute atomic E-state index is 0.0551. The van der Waals surface area contributed by atoms with Crippen LogP contribution in [0.2, 0.25) is 0 Å². The van der Waals surface area contributed by atoms with Gasteiger partial charge in [0.2, 0.25) is 0 Å². The predicted molar refractivity (Wildman–Crippen MR) is 66.1 cm³/mol. The van der Waals surface area contributed by atoms with Gasteiger partial charge < -0.3 is 10.5 Å². The lowest BCUT2D eigenvalue weighted by atomic mass is 10.3. The lowest BCUT2D eigenvalue weighted by Crippen LogP contribution is -2.20. The summed E-state index contributed by atoms with van der Waals surface area (Å²) < 4.78 is 67.8. The number of benzene rings is 1. The van der Waals surface area contributed by atoms with Crippen LogP contribution in [0.25, 0.3) is 0 Å². The van der Waals surface area contributed by atoms with Crippen LogP contribution in [0.5, 0.6) is 5.75 Å². The average Bonchev–Trinajstić information content (AvgIpc) is 2.29. The molecule has 20 heavy (non-hydrogen) atoms. The number of anilines is 1. The number of halogens is 3. The summed E-state index contributed by atoms with van der Waals surface area (Å²) in [6.45, 7) is 1.03. The molecule has 0 aromatic heterocycles. The Hall–Kier alpha value is -1.48. The van der Waals surface area contributed by atoms with Crippen molar-refractivity contribution in [2.24, 2.45) is 0 Å². The third-order valence-electron chi connectivity index (χ3n) is 2.25. The minimum Gasteiger partial charge on any atom is -0.494 e. The molecule has 0 saturated heterocycles. The second-order valence-corrected chi connectivity index (χ2v) is 5.82. The summed E-state index contributed by atoms with van der Waals surface area (Å²) in [7, 11) is -3.98. The molecule has 9 heteroatoms. The van der Waals surface area contributed by atoms with E-state index in [1.807, 2.05) is 0 Å². The van der Waals surface area contributed by atoms with Crippen molar-refractivity contribution in [3.63, 3.8) is 0 Å². The van der Waals surface area contributed by atoms with Crippen molar-refractivity contribution >= 4 is 15.5 Å². The van der Waals surface area contributed by atoms with Gasteiger partial charge in [-0.3, -0.25) is 4.74 Å². The normalized spacial score (nSPS) is 12.4. The minimum atomic E-state index is -4.87. The molecule has 0 spiro atoms. The zero-order chi connectivity index (χ0) is 15.4.